The van der Waals surface area contributed by atoms with Crippen molar-refractivity contribution in [2.24, 2.45) is 0 Å². The third kappa shape index (κ3) is 4.84. The average Bonchev–Trinajstić information content (AvgIpc) is 3.22. The lowest BCUT2D eigenvalue weighted by Gasteiger charge is -2.08. The van der Waals surface area contributed by atoms with Gasteiger partial charge in [0.15, 0.2) is 11.3 Å². The molecule has 4 aromatic rings. The van der Waals surface area contributed by atoms with E-state index >= 15 is 0 Å². The summed E-state index contributed by atoms with van der Waals surface area (Å²) in [7, 11) is 1.62. The second-order valence-corrected chi connectivity index (χ2v) is 7.06. The Balaban J connectivity index is 1.46. The van der Waals surface area contributed by atoms with Gasteiger partial charge in [-0.05, 0) is 47.5 Å². The number of carbonyl (C=O) groups excluding carboxylic acids is 1. The number of aliphatic carboxylic acids is 1. The SMILES string of the molecule is COc1ccc(CNc2ccc3ncc(C(=O)Nc4ccc(CC(=O)O)cc4)n3n2)cc1. The quantitative estimate of drug-likeness (QED) is 0.392. The van der Waals surface area contributed by atoms with E-state index in [0.29, 0.717) is 29.3 Å². The first-order chi connectivity index (χ1) is 15.5. The summed E-state index contributed by atoms with van der Waals surface area (Å²) in [5, 5.41) is 19.4. The summed E-state index contributed by atoms with van der Waals surface area (Å²) in [6.45, 7) is 0.557. The number of aromatic nitrogens is 3. The topological polar surface area (TPSA) is 118 Å². The van der Waals surface area contributed by atoms with Crippen LogP contribution in [0.1, 0.15) is 21.6 Å². The van der Waals surface area contributed by atoms with Crippen LogP contribution >= 0.6 is 0 Å². The molecule has 0 bridgehead atoms. The number of anilines is 2. The minimum absolute atomic E-state index is 0.0717. The van der Waals surface area contributed by atoms with Gasteiger partial charge in [0.25, 0.3) is 5.91 Å². The minimum Gasteiger partial charge on any atom is -0.497 e. The number of nitrogens with one attached hydrogen (secondary N) is 2. The van der Waals surface area contributed by atoms with Gasteiger partial charge >= 0.3 is 5.97 Å². The van der Waals surface area contributed by atoms with Crippen molar-refractivity contribution in [2.75, 3.05) is 17.7 Å². The molecule has 0 saturated heterocycles. The van der Waals surface area contributed by atoms with E-state index in [2.05, 4.69) is 20.7 Å². The van der Waals surface area contributed by atoms with Crippen LogP contribution in [0.3, 0.4) is 0 Å². The van der Waals surface area contributed by atoms with Gasteiger partial charge < -0.3 is 20.5 Å². The zero-order valence-corrected chi connectivity index (χ0v) is 17.3. The van der Waals surface area contributed by atoms with Crippen molar-refractivity contribution in [3.8, 4) is 5.75 Å². The first kappa shape index (κ1) is 20.9. The summed E-state index contributed by atoms with van der Waals surface area (Å²) in [5.74, 6) is 0.107. The Labute approximate surface area is 183 Å². The number of imidazole rings is 1. The Morgan fingerprint density at radius 1 is 1.00 bits per heavy atom. The number of hydrogen-bond donors (Lipinski definition) is 3. The van der Waals surface area contributed by atoms with Crippen LogP contribution in [0.5, 0.6) is 5.75 Å². The van der Waals surface area contributed by atoms with E-state index in [1.54, 1.807) is 43.5 Å². The van der Waals surface area contributed by atoms with Crippen molar-refractivity contribution in [2.45, 2.75) is 13.0 Å². The third-order valence-corrected chi connectivity index (χ3v) is 4.79. The number of hydrogen-bond acceptors (Lipinski definition) is 6. The smallest absolute Gasteiger partial charge is 0.307 e. The van der Waals surface area contributed by atoms with Gasteiger partial charge in [-0.3, -0.25) is 9.59 Å². The molecule has 9 nitrogen and oxygen atoms in total. The number of amides is 1. The summed E-state index contributed by atoms with van der Waals surface area (Å²) in [6.07, 6.45) is 1.39. The van der Waals surface area contributed by atoms with Crippen LogP contribution in [0.2, 0.25) is 0 Å². The first-order valence-corrected chi connectivity index (χ1v) is 9.85. The number of rotatable bonds is 8. The monoisotopic (exact) mass is 431 g/mol. The number of fused-ring (bicyclic) bond motifs is 1. The maximum Gasteiger partial charge on any atom is 0.307 e. The summed E-state index contributed by atoms with van der Waals surface area (Å²) in [4.78, 5) is 27.8. The fourth-order valence-corrected chi connectivity index (χ4v) is 3.13. The van der Waals surface area contributed by atoms with Gasteiger partial charge in [-0.1, -0.05) is 24.3 Å². The van der Waals surface area contributed by atoms with Crippen LogP contribution in [0.15, 0.2) is 66.9 Å². The number of carbonyl (C=O) groups is 2. The van der Waals surface area contributed by atoms with Gasteiger partial charge in [-0.25, -0.2) is 9.50 Å². The van der Waals surface area contributed by atoms with E-state index in [1.165, 1.54) is 10.7 Å². The van der Waals surface area contributed by atoms with Gasteiger partial charge in [0, 0.05) is 12.2 Å². The molecule has 0 aliphatic carbocycles. The van der Waals surface area contributed by atoms with Crippen molar-refractivity contribution in [3.63, 3.8) is 0 Å². The molecule has 0 aliphatic rings. The predicted molar refractivity (Wildman–Crippen MR) is 119 cm³/mol. The number of carboxylic acids is 1. The number of methoxy groups -OCH3 is 1. The molecule has 9 heteroatoms. The molecular weight excluding hydrogens is 410 g/mol. The molecule has 2 heterocycles. The molecule has 2 aromatic heterocycles. The molecule has 4 rings (SSSR count). The minimum atomic E-state index is -0.907. The van der Waals surface area contributed by atoms with Crippen molar-refractivity contribution in [1.82, 2.24) is 14.6 Å². The van der Waals surface area contributed by atoms with E-state index in [9.17, 15) is 9.59 Å². The van der Waals surface area contributed by atoms with Crippen molar-refractivity contribution in [3.05, 3.63) is 83.7 Å². The van der Waals surface area contributed by atoms with Crippen LogP contribution in [0.25, 0.3) is 5.65 Å². The normalized spacial score (nSPS) is 10.7. The highest BCUT2D eigenvalue weighted by atomic mass is 16.5. The van der Waals surface area contributed by atoms with Gasteiger partial charge in [0.2, 0.25) is 0 Å². The molecule has 0 fully saturated rings. The summed E-state index contributed by atoms with van der Waals surface area (Å²) < 4.78 is 6.64. The first-order valence-electron chi connectivity index (χ1n) is 9.85. The number of benzene rings is 2. The largest absolute Gasteiger partial charge is 0.497 e. The summed E-state index contributed by atoms with van der Waals surface area (Å²) in [5.41, 5.74) is 3.08. The molecular formula is C23H21N5O4. The zero-order chi connectivity index (χ0) is 22.5. The van der Waals surface area contributed by atoms with E-state index in [-0.39, 0.29) is 18.0 Å². The molecule has 0 radical (unpaired) electrons. The van der Waals surface area contributed by atoms with Crippen LogP contribution in [-0.2, 0) is 17.8 Å². The lowest BCUT2D eigenvalue weighted by Crippen LogP contribution is -2.16. The second-order valence-electron chi connectivity index (χ2n) is 7.06. The molecule has 32 heavy (non-hydrogen) atoms. The number of ether oxygens (including phenoxy) is 1. The van der Waals surface area contributed by atoms with Crippen molar-refractivity contribution < 1.29 is 19.4 Å². The highest BCUT2D eigenvalue weighted by Crippen LogP contribution is 2.15. The van der Waals surface area contributed by atoms with Gasteiger partial charge in [0.1, 0.15) is 11.6 Å². The van der Waals surface area contributed by atoms with E-state index in [1.807, 2.05) is 24.3 Å². The highest BCUT2D eigenvalue weighted by molar-refractivity contribution is 6.03. The van der Waals surface area contributed by atoms with Crippen LogP contribution < -0.4 is 15.4 Å². The maximum atomic E-state index is 12.8. The zero-order valence-electron chi connectivity index (χ0n) is 17.3. The Bertz CT molecular complexity index is 1250. The summed E-state index contributed by atoms with van der Waals surface area (Å²) in [6, 6.07) is 17.9. The highest BCUT2D eigenvalue weighted by Gasteiger charge is 2.14. The van der Waals surface area contributed by atoms with Crippen molar-refractivity contribution in [1.29, 1.82) is 0 Å². The standard InChI is InChI=1S/C23H21N5O4/c1-32-18-8-4-16(5-9-18)13-24-20-10-11-21-25-14-19(28(21)27-20)23(31)26-17-6-2-15(3-7-17)12-22(29)30/h2-11,14H,12-13H2,1H3,(H,24,27)(H,26,31)(H,29,30). The number of nitrogens with zero attached hydrogens (tertiary/aromatic N) is 3. The van der Waals surface area contributed by atoms with E-state index in [0.717, 1.165) is 11.3 Å². The molecule has 3 N–H and O–H groups in total. The van der Waals surface area contributed by atoms with Gasteiger partial charge in [-0.15, -0.1) is 5.10 Å². The molecule has 0 spiro atoms. The molecule has 0 atom stereocenters. The molecule has 0 unspecified atom stereocenters. The molecule has 162 valence electrons. The summed E-state index contributed by atoms with van der Waals surface area (Å²) >= 11 is 0. The van der Waals surface area contributed by atoms with E-state index < -0.39 is 5.97 Å². The second kappa shape index (κ2) is 9.17. The fraction of sp³-hybridized carbons (Fsp3) is 0.130. The van der Waals surface area contributed by atoms with Crippen LogP contribution in [-0.4, -0.2) is 38.7 Å². The van der Waals surface area contributed by atoms with Crippen molar-refractivity contribution >= 4 is 29.0 Å². The predicted octanol–water partition coefficient (Wildman–Crippen LogP) is 3.23. The average molecular weight is 431 g/mol. The fourth-order valence-electron chi connectivity index (χ4n) is 3.13. The third-order valence-electron chi connectivity index (χ3n) is 4.79. The van der Waals surface area contributed by atoms with Crippen LogP contribution in [0, 0.1) is 0 Å². The Kier molecular flexibility index (Phi) is 5.98. The van der Waals surface area contributed by atoms with E-state index in [4.69, 9.17) is 9.84 Å². The lowest BCUT2D eigenvalue weighted by molar-refractivity contribution is -0.136. The molecule has 1 amide bonds. The molecule has 0 aliphatic heterocycles. The maximum absolute atomic E-state index is 12.8. The lowest BCUT2D eigenvalue weighted by atomic mass is 10.1. The van der Waals surface area contributed by atoms with Gasteiger partial charge in [0.05, 0.1) is 19.7 Å². The Morgan fingerprint density at radius 3 is 2.41 bits per heavy atom. The van der Waals surface area contributed by atoms with Gasteiger partial charge in [-0.2, -0.15) is 0 Å². The van der Waals surface area contributed by atoms with Crippen LogP contribution in [0.4, 0.5) is 11.5 Å². The Hall–Kier alpha value is -4.40. The Morgan fingerprint density at radius 2 is 1.72 bits per heavy atom. The number of carboxylic acid groups (broad SMARTS) is 1. The molecule has 0 saturated carbocycles. The molecule has 2 aromatic carbocycles.